The molecule has 2 heterocycles. The maximum atomic E-state index is 4.58. The molecule has 3 aromatic carbocycles. The Hall–Kier alpha value is -2.78. The molecule has 0 amide bonds. The first-order valence-electron chi connectivity index (χ1n) is 8.47. The molecule has 5 aromatic rings. The van der Waals surface area contributed by atoms with Gasteiger partial charge in [-0.05, 0) is 52.0 Å². The quantitative estimate of drug-likeness (QED) is 0.213. The summed E-state index contributed by atoms with van der Waals surface area (Å²) in [5.41, 5.74) is 3.39. The predicted octanol–water partition coefficient (Wildman–Crippen LogP) is 6.69. The van der Waals surface area contributed by atoms with Crippen LogP contribution in [-0.2, 0) is 0 Å². The smallest absolute Gasteiger partial charge is 0.107 e. The van der Waals surface area contributed by atoms with Crippen LogP contribution in [-0.4, -0.2) is 9.97 Å². The molecule has 0 saturated carbocycles. The van der Waals surface area contributed by atoms with Gasteiger partial charge in [0.2, 0.25) is 0 Å². The number of rotatable bonds is 0. The lowest BCUT2D eigenvalue weighted by Gasteiger charge is -2.06. The Morgan fingerprint density at radius 2 is 1.46 bits per heavy atom. The topological polar surface area (TPSA) is 25.8 Å². The Bertz CT molecular complexity index is 1150. The summed E-state index contributed by atoms with van der Waals surface area (Å²) in [5.74, 6) is 0. The van der Waals surface area contributed by atoms with Gasteiger partial charge in [-0.2, -0.15) is 0 Å². The highest BCUT2D eigenvalue weighted by molar-refractivity contribution is 9.10. The van der Waals surface area contributed by atoms with Gasteiger partial charge in [0.25, 0.3) is 0 Å². The lowest BCUT2D eigenvalue weighted by atomic mass is 10.0. The monoisotopic (exact) mass is 400 g/mol. The van der Waals surface area contributed by atoms with E-state index in [0.717, 1.165) is 15.6 Å². The van der Waals surface area contributed by atoms with Gasteiger partial charge in [0.05, 0.1) is 11.0 Å². The molecule has 3 heteroatoms. The fourth-order valence-corrected chi connectivity index (χ4v) is 3.63. The van der Waals surface area contributed by atoms with Crippen molar-refractivity contribution in [2.24, 2.45) is 0 Å². The van der Waals surface area contributed by atoms with Crippen LogP contribution in [0.3, 0.4) is 0 Å². The van der Waals surface area contributed by atoms with Gasteiger partial charge in [-0.15, -0.1) is 0 Å². The highest BCUT2D eigenvalue weighted by Gasteiger charge is 2.04. The van der Waals surface area contributed by atoms with Gasteiger partial charge in [-0.3, -0.25) is 4.98 Å². The molecule has 0 aliphatic carbocycles. The average molecular weight is 401 g/mol. The third-order valence-corrected chi connectivity index (χ3v) is 4.80. The molecule has 2 nitrogen and oxygen atoms in total. The van der Waals surface area contributed by atoms with Gasteiger partial charge in [0, 0.05) is 22.4 Å². The highest BCUT2D eigenvalue weighted by Crippen LogP contribution is 2.27. The summed E-state index contributed by atoms with van der Waals surface area (Å²) >= 11 is 3.46. The van der Waals surface area contributed by atoms with Gasteiger partial charge in [0.1, 0.15) is 4.60 Å². The summed E-state index contributed by atoms with van der Waals surface area (Å²) in [7, 11) is 0. The van der Waals surface area contributed by atoms with Gasteiger partial charge < -0.3 is 0 Å². The summed E-state index contributed by atoms with van der Waals surface area (Å²) in [5, 5.41) is 4.87. The number of aromatic nitrogens is 2. The zero-order valence-electron chi connectivity index (χ0n) is 14.4. The van der Waals surface area contributed by atoms with Crippen molar-refractivity contribution < 1.29 is 0 Å². The molecule has 2 aromatic heterocycles. The highest BCUT2D eigenvalue weighted by atomic mass is 79.9. The van der Waals surface area contributed by atoms with Crippen LogP contribution < -0.4 is 0 Å². The van der Waals surface area contributed by atoms with Crippen molar-refractivity contribution in [3.8, 4) is 0 Å². The number of fused-ring (bicyclic) bond motifs is 4. The molecule has 0 bridgehead atoms. The van der Waals surface area contributed by atoms with Crippen molar-refractivity contribution >= 4 is 48.5 Å². The Labute approximate surface area is 160 Å². The normalized spacial score (nSPS) is 10.7. The number of aryl methyl sites for hydroxylation is 1. The van der Waals surface area contributed by atoms with E-state index in [1.807, 2.05) is 30.5 Å². The molecule has 0 fully saturated rings. The van der Waals surface area contributed by atoms with Crippen LogP contribution in [0.5, 0.6) is 0 Å². The van der Waals surface area contributed by atoms with E-state index < -0.39 is 0 Å². The third kappa shape index (κ3) is 3.31. The van der Waals surface area contributed by atoms with Gasteiger partial charge >= 0.3 is 0 Å². The van der Waals surface area contributed by atoms with Crippen molar-refractivity contribution in [1.82, 2.24) is 9.97 Å². The van der Waals surface area contributed by atoms with E-state index in [1.54, 1.807) is 0 Å². The zero-order chi connectivity index (χ0) is 17.9. The number of benzene rings is 3. The molecule has 5 rings (SSSR count). The Balaban J connectivity index is 0.000000144. The molecule has 0 N–H and O–H groups in total. The van der Waals surface area contributed by atoms with Crippen LogP contribution in [0.1, 0.15) is 5.56 Å². The molecule has 26 heavy (non-hydrogen) atoms. The second-order valence-corrected chi connectivity index (χ2v) is 6.95. The maximum Gasteiger partial charge on any atom is 0.107 e. The molecular formula is C23H17BrN2. The first kappa shape index (κ1) is 16.7. The Morgan fingerprint density at radius 1 is 0.731 bits per heavy atom. The molecule has 0 spiro atoms. The zero-order valence-corrected chi connectivity index (χ0v) is 15.9. The molecular weight excluding hydrogens is 384 g/mol. The minimum absolute atomic E-state index is 0.897. The molecule has 0 aliphatic rings. The van der Waals surface area contributed by atoms with Gasteiger partial charge in [-0.1, -0.05) is 60.7 Å². The van der Waals surface area contributed by atoms with Crippen LogP contribution in [0.25, 0.3) is 32.6 Å². The number of hydrogen-bond acceptors (Lipinski definition) is 2. The fourth-order valence-electron chi connectivity index (χ4n) is 3.11. The molecule has 0 atom stereocenters. The van der Waals surface area contributed by atoms with Crippen molar-refractivity contribution in [2.75, 3.05) is 0 Å². The minimum atomic E-state index is 0.897. The van der Waals surface area contributed by atoms with Crippen molar-refractivity contribution in [1.29, 1.82) is 0 Å². The molecule has 0 unspecified atom stereocenters. The number of hydrogen-bond donors (Lipinski definition) is 0. The van der Waals surface area contributed by atoms with Crippen molar-refractivity contribution in [3.05, 3.63) is 95.2 Å². The van der Waals surface area contributed by atoms with E-state index in [2.05, 4.69) is 87.4 Å². The summed E-state index contributed by atoms with van der Waals surface area (Å²) in [6.07, 6.45) is 1.81. The first-order chi connectivity index (χ1) is 12.7. The van der Waals surface area contributed by atoms with E-state index in [9.17, 15) is 0 Å². The van der Waals surface area contributed by atoms with Gasteiger partial charge in [-0.25, -0.2) is 4.98 Å². The SMILES string of the molecule is Cc1cc(Br)nc2c1ccc1ccccc12.c1ccc2ncccc2c1. The van der Waals surface area contributed by atoms with E-state index >= 15 is 0 Å². The van der Waals surface area contributed by atoms with Crippen molar-refractivity contribution in [2.45, 2.75) is 6.92 Å². The molecule has 0 aliphatic heterocycles. The predicted molar refractivity (Wildman–Crippen MR) is 113 cm³/mol. The Kier molecular flexibility index (Phi) is 4.63. The molecule has 0 radical (unpaired) electrons. The average Bonchev–Trinajstić information content (AvgIpc) is 2.68. The number of para-hydroxylation sites is 1. The van der Waals surface area contributed by atoms with E-state index in [-0.39, 0.29) is 0 Å². The second kappa shape index (κ2) is 7.22. The van der Waals surface area contributed by atoms with Gasteiger partial charge in [0.15, 0.2) is 0 Å². The fraction of sp³-hybridized carbons (Fsp3) is 0.0435. The van der Waals surface area contributed by atoms with E-state index in [0.29, 0.717) is 0 Å². The standard InChI is InChI=1S/C14H10BrN.C9H7N/c1-9-8-13(15)16-14-11(9)7-6-10-4-2-3-5-12(10)14;1-2-6-9-8(4-1)5-3-7-10-9/h2-8H,1H3;1-7H. The number of halogens is 1. The van der Waals surface area contributed by atoms with E-state index in [1.165, 1.54) is 27.1 Å². The summed E-state index contributed by atoms with van der Waals surface area (Å²) in [6.45, 7) is 2.11. The minimum Gasteiger partial charge on any atom is -0.256 e. The molecule has 126 valence electrons. The third-order valence-electron chi connectivity index (χ3n) is 4.39. The maximum absolute atomic E-state index is 4.58. The second-order valence-electron chi connectivity index (χ2n) is 6.14. The van der Waals surface area contributed by atoms with Crippen LogP contribution in [0, 0.1) is 6.92 Å². The van der Waals surface area contributed by atoms with Crippen LogP contribution in [0.15, 0.2) is 89.7 Å². The first-order valence-corrected chi connectivity index (χ1v) is 9.26. The van der Waals surface area contributed by atoms with Crippen LogP contribution >= 0.6 is 15.9 Å². The van der Waals surface area contributed by atoms with E-state index in [4.69, 9.17) is 0 Å². The van der Waals surface area contributed by atoms with Crippen LogP contribution in [0.4, 0.5) is 0 Å². The Morgan fingerprint density at radius 3 is 2.31 bits per heavy atom. The summed E-state index contributed by atoms with van der Waals surface area (Å²) < 4.78 is 0.897. The lowest BCUT2D eigenvalue weighted by molar-refractivity contribution is 1.33. The summed E-state index contributed by atoms with van der Waals surface area (Å²) in [4.78, 5) is 8.76. The number of pyridine rings is 2. The van der Waals surface area contributed by atoms with Crippen LogP contribution in [0.2, 0.25) is 0 Å². The van der Waals surface area contributed by atoms with Crippen molar-refractivity contribution in [3.63, 3.8) is 0 Å². The lowest BCUT2D eigenvalue weighted by Crippen LogP contribution is -1.86. The molecule has 0 saturated heterocycles. The summed E-state index contributed by atoms with van der Waals surface area (Å²) in [6, 6.07) is 26.8. The largest absolute Gasteiger partial charge is 0.256 e. The number of nitrogens with zero attached hydrogens (tertiary/aromatic N) is 2.